The van der Waals surface area contributed by atoms with Gasteiger partial charge in [-0.05, 0) is 49.6 Å². The molecule has 0 aliphatic heterocycles. The van der Waals surface area contributed by atoms with Gasteiger partial charge in [-0.3, -0.25) is 0 Å². The maximum atomic E-state index is 6.16. The summed E-state index contributed by atoms with van der Waals surface area (Å²) in [4.78, 5) is 0. The number of hydrogen-bond donors (Lipinski definition) is 1. The van der Waals surface area contributed by atoms with Crippen molar-refractivity contribution in [2.24, 2.45) is 5.41 Å². The van der Waals surface area contributed by atoms with Crippen LogP contribution in [-0.2, 0) is 0 Å². The Morgan fingerprint density at radius 2 is 1.79 bits per heavy atom. The molecule has 0 atom stereocenters. The largest absolute Gasteiger partial charge is 0.493 e. The van der Waals surface area contributed by atoms with Crippen LogP contribution in [0.2, 0.25) is 0 Å². The van der Waals surface area contributed by atoms with Crippen LogP contribution in [0.25, 0.3) is 0 Å². The molecule has 1 aromatic rings. The van der Waals surface area contributed by atoms with Crippen molar-refractivity contribution < 1.29 is 4.74 Å². The summed E-state index contributed by atoms with van der Waals surface area (Å²) in [6.45, 7) is 5.11. The Bertz CT molecular complexity index is 406. The lowest BCUT2D eigenvalue weighted by atomic mass is 9.83. The van der Waals surface area contributed by atoms with Gasteiger partial charge in [-0.2, -0.15) is 12.6 Å². The fraction of sp³-hybridized carbons (Fsp3) is 0.647. The summed E-state index contributed by atoms with van der Waals surface area (Å²) >= 11 is 4.61. The molecule has 1 fully saturated rings. The summed E-state index contributed by atoms with van der Waals surface area (Å²) in [7, 11) is 0. The molecule has 0 bridgehead atoms. The number of rotatable bonds is 4. The van der Waals surface area contributed by atoms with Crippen LogP contribution in [0.15, 0.2) is 18.2 Å². The summed E-state index contributed by atoms with van der Waals surface area (Å²) < 4.78 is 6.16. The first-order chi connectivity index (χ1) is 9.17. The van der Waals surface area contributed by atoms with Crippen LogP contribution in [0.4, 0.5) is 0 Å². The second kappa shape index (κ2) is 6.69. The monoisotopic (exact) mass is 278 g/mol. The molecule has 0 spiro atoms. The fourth-order valence-electron chi connectivity index (χ4n) is 2.94. The third-order valence-electron chi connectivity index (χ3n) is 4.59. The van der Waals surface area contributed by atoms with E-state index in [-0.39, 0.29) is 5.41 Å². The number of thiol groups is 1. The van der Waals surface area contributed by atoms with E-state index in [4.69, 9.17) is 4.74 Å². The van der Waals surface area contributed by atoms with E-state index in [0.717, 1.165) is 18.1 Å². The quantitative estimate of drug-likeness (QED) is 0.605. The predicted octanol–water partition coefficient (Wildman–Crippen LogP) is 4.95. The molecular formula is C17H26OS. The van der Waals surface area contributed by atoms with Gasteiger partial charge in [-0.25, -0.2) is 0 Å². The summed E-state index contributed by atoms with van der Waals surface area (Å²) in [6, 6.07) is 6.31. The van der Waals surface area contributed by atoms with Gasteiger partial charge in [0.25, 0.3) is 0 Å². The van der Waals surface area contributed by atoms with Crippen molar-refractivity contribution in [3.05, 3.63) is 29.3 Å². The molecule has 0 radical (unpaired) electrons. The Labute approximate surface area is 123 Å². The molecule has 19 heavy (non-hydrogen) atoms. The lowest BCUT2D eigenvalue weighted by Crippen LogP contribution is -2.30. The van der Waals surface area contributed by atoms with Gasteiger partial charge in [-0.15, -0.1) is 0 Å². The van der Waals surface area contributed by atoms with Gasteiger partial charge >= 0.3 is 0 Å². The number of hydrogen-bond acceptors (Lipinski definition) is 2. The van der Waals surface area contributed by atoms with E-state index >= 15 is 0 Å². The van der Waals surface area contributed by atoms with E-state index in [2.05, 4.69) is 44.7 Å². The van der Waals surface area contributed by atoms with Gasteiger partial charge in [0.1, 0.15) is 5.75 Å². The lowest BCUT2D eigenvalue weighted by Gasteiger charge is -2.31. The molecular weight excluding hydrogens is 252 g/mol. The molecule has 0 aromatic heterocycles. The van der Waals surface area contributed by atoms with Crippen LogP contribution < -0.4 is 4.74 Å². The molecule has 2 heteroatoms. The predicted molar refractivity (Wildman–Crippen MR) is 85.4 cm³/mol. The lowest BCUT2D eigenvalue weighted by molar-refractivity contribution is 0.147. The topological polar surface area (TPSA) is 9.23 Å². The zero-order valence-electron chi connectivity index (χ0n) is 12.2. The molecule has 0 saturated heterocycles. The third-order valence-corrected chi connectivity index (χ3v) is 5.26. The van der Waals surface area contributed by atoms with Crippen LogP contribution in [0, 0.1) is 19.3 Å². The first kappa shape index (κ1) is 14.8. The zero-order valence-corrected chi connectivity index (χ0v) is 13.1. The molecule has 1 saturated carbocycles. The zero-order chi connectivity index (χ0) is 13.7. The molecule has 0 unspecified atom stereocenters. The molecule has 2 rings (SSSR count). The van der Waals surface area contributed by atoms with Gasteiger partial charge in [0.2, 0.25) is 0 Å². The second-order valence-corrected chi connectivity index (χ2v) is 6.38. The highest BCUT2D eigenvalue weighted by molar-refractivity contribution is 7.80. The van der Waals surface area contributed by atoms with Gasteiger partial charge in [0, 0.05) is 5.41 Å². The number of benzene rings is 1. The summed E-state index contributed by atoms with van der Waals surface area (Å²) in [6.07, 6.45) is 7.94. The van der Waals surface area contributed by atoms with Crippen LogP contribution in [0.1, 0.15) is 49.7 Å². The summed E-state index contributed by atoms with van der Waals surface area (Å²) in [5, 5.41) is 0. The van der Waals surface area contributed by atoms with Crippen molar-refractivity contribution in [1.29, 1.82) is 0 Å². The maximum Gasteiger partial charge on any atom is 0.122 e. The van der Waals surface area contributed by atoms with E-state index < -0.39 is 0 Å². The average Bonchev–Trinajstić information content (AvgIpc) is 2.67. The van der Waals surface area contributed by atoms with Gasteiger partial charge in [0.15, 0.2) is 0 Å². The van der Waals surface area contributed by atoms with Crippen molar-refractivity contribution in [3.8, 4) is 5.75 Å². The average molecular weight is 278 g/mol. The smallest absolute Gasteiger partial charge is 0.122 e. The summed E-state index contributed by atoms with van der Waals surface area (Å²) in [5.74, 6) is 1.99. The van der Waals surface area contributed by atoms with E-state index in [9.17, 15) is 0 Å². The van der Waals surface area contributed by atoms with Crippen LogP contribution in [0.5, 0.6) is 5.75 Å². The van der Waals surface area contributed by atoms with E-state index in [1.807, 2.05) is 0 Å². The molecule has 0 amide bonds. The van der Waals surface area contributed by atoms with Crippen molar-refractivity contribution in [3.63, 3.8) is 0 Å². The van der Waals surface area contributed by atoms with Crippen molar-refractivity contribution in [1.82, 2.24) is 0 Å². The minimum Gasteiger partial charge on any atom is -0.493 e. The Morgan fingerprint density at radius 3 is 2.42 bits per heavy atom. The van der Waals surface area contributed by atoms with E-state index in [1.165, 1.54) is 49.7 Å². The highest BCUT2D eigenvalue weighted by Gasteiger charge is 2.30. The first-order valence-electron chi connectivity index (χ1n) is 7.47. The molecule has 1 nitrogen and oxygen atoms in total. The SMILES string of the molecule is Cc1cccc(OCC2(CS)CCCCCC2)c1C. The van der Waals surface area contributed by atoms with E-state index in [1.54, 1.807) is 0 Å². The first-order valence-corrected chi connectivity index (χ1v) is 8.10. The van der Waals surface area contributed by atoms with Gasteiger partial charge < -0.3 is 4.74 Å². The summed E-state index contributed by atoms with van der Waals surface area (Å²) in [5.41, 5.74) is 2.86. The minimum absolute atomic E-state index is 0.287. The van der Waals surface area contributed by atoms with Crippen LogP contribution in [-0.4, -0.2) is 12.4 Å². The third kappa shape index (κ3) is 3.68. The Hall–Kier alpha value is -0.630. The highest BCUT2D eigenvalue weighted by atomic mass is 32.1. The number of ether oxygens (including phenoxy) is 1. The highest BCUT2D eigenvalue weighted by Crippen LogP contribution is 2.37. The number of aryl methyl sites for hydroxylation is 1. The standard InChI is InChI=1S/C17H26OS/c1-14-8-7-9-16(15(14)2)18-12-17(13-19)10-5-3-4-6-11-17/h7-9,19H,3-6,10-13H2,1-2H3. The molecule has 0 heterocycles. The Balaban J connectivity index is 2.04. The second-order valence-electron chi connectivity index (χ2n) is 6.06. The molecule has 0 N–H and O–H groups in total. The Morgan fingerprint density at radius 1 is 1.11 bits per heavy atom. The normalized spacial score (nSPS) is 18.9. The molecule has 1 aliphatic carbocycles. The molecule has 1 aromatic carbocycles. The van der Waals surface area contributed by atoms with Crippen molar-refractivity contribution in [2.45, 2.75) is 52.4 Å². The van der Waals surface area contributed by atoms with Crippen molar-refractivity contribution >= 4 is 12.6 Å². The van der Waals surface area contributed by atoms with Gasteiger partial charge in [-0.1, -0.05) is 37.8 Å². The molecule has 106 valence electrons. The van der Waals surface area contributed by atoms with Gasteiger partial charge in [0.05, 0.1) is 6.61 Å². The Kier molecular flexibility index (Phi) is 5.20. The molecule has 1 aliphatic rings. The fourth-order valence-corrected chi connectivity index (χ4v) is 3.35. The maximum absolute atomic E-state index is 6.16. The van der Waals surface area contributed by atoms with Crippen LogP contribution in [0.3, 0.4) is 0 Å². The van der Waals surface area contributed by atoms with Crippen molar-refractivity contribution in [2.75, 3.05) is 12.4 Å². The van der Waals surface area contributed by atoms with E-state index in [0.29, 0.717) is 0 Å². The van der Waals surface area contributed by atoms with Crippen LogP contribution >= 0.6 is 12.6 Å². The minimum atomic E-state index is 0.287.